The molecule has 2 fully saturated rings. The minimum atomic E-state index is -0.543. The van der Waals surface area contributed by atoms with E-state index in [9.17, 15) is 14.4 Å². The van der Waals surface area contributed by atoms with Gasteiger partial charge in [0.05, 0.1) is 41.9 Å². The molecule has 23 heavy (non-hydrogen) atoms. The van der Waals surface area contributed by atoms with Crippen LogP contribution in [-0.2, 0) is 19.1 Å². The van der Waals surface area contributed by atoms with Crippen molar-refractivity contribution in [2.24, 2.45) is 11.8 Å². The van der Waals surface area contributed by atoms with E-state index in [0.29, 0.717) is 0 Å². The van der Waals surface area contributed by atoms with Crippen LogP contribution in [0.3, 0.4) is 0 Å². The lowest BCUT2D eigenvalue weighted by molar-refractivity contribution is -0.124. The van der Waals surface area contributed by atoms with Gasteiger partial charge in [0.25, 0.3) is 0 Å². The number of amides is 2. The molecular weight excluding hydrogens is 298 g/mol. The maximum atomic E-state index is 12.8. The number of hydrogen-bond acceptors (Lipinski definition) is 5. The third kappa shape index (κ3) is 1.88. The zero-order chi connectivity index (χ0) is 16.1. The van der Waals surface area contributed by atoms with Crippen molar-refractivity contribution >= 4 is 23.5 Å². The lowest BCUT2D eigenvalue weighted by Gasteiger charge is -2.20. The van der Waals surface area contributed by atoms with Gasteiger partial charge < -0.3 is 9.47 Å². The summed E-state index contributed by atoms with van der Waals surface area (Å²) in [6, 6.07) is 6.52. The molecule has 3 aliphatic rings. The Morgan fingerprint density at radius 2 is 1.74 bits per heavy atom. The van der Waals surface area contributed by atoms with Gasteiger partial charge in [-0.15, -0.1) is 0 Å². The Balaban J connectivity index is 1.74. The molecule has 118 valence electrons. The molecule has 0 spiro atoms. The van der Waals surface area contributed by atoms with E-state index in [-0.39, 0.29) is 41.9 Å². The van der Waals surface area contributed by atoms with Crippen LogP contribution >= 0.6 is 0 Å². The van der Waals surface area contributed by atoms with Crippen molar-refractivity contribution in [3.63, 3.8) is 0 Å². The summed E-state index contributed by atoms with van der Waals surface area (Å²) < 4.78 is 10.6. The smallest absolute Gasteiger partial charge is 0.340 e. The number of nitrogens with zero attached hydrogens (tertiary/aromatic N) is 1. The number of esters is 1. The van der Waals surface area contributed by atoms with E-state index in [0.717, 1.165) is 4.90 Å². The maximum Gasteiger partial charge on any atom is 0.340 e. The highest BCUT2D eigenvalue weighted by atomic mass is 16.5. The van der Waals surface area contributed by atoms with Gasteiger partial charge in [0.15, 0.2) is 0 Å². The Kier molecular flexibility index (Phi) is 3.09. The van der Waals surface area contributed by atoms with Crippen molar-refractivity contribution in [2.45, 2.75) is 19.1 Å². The van der Waals surface area contributed by atoms with Crippen molar-refractivity contribution in [3.05, 3.63) is 42.0 Å². The molecule has 4 rings (SSSR count). The van der Waals surface area contributed by atoms with E-state index in [1.54, 1.807) is 31.2 Å². The topological polar surface area (TPSA) is 72.9 Å². The van der Waals surface area contributed by atoms with Gasteiger partial charge >= 0.3 is 5.97 Å². The number of carbonyl (C=O) groups excluding carboxylic acids is 3. The number of carbonyl (C=O) groups is 3. The molecule has 0 radical (unpaired) electrons. The van der Waals surface area contributed by atoms with Gasteiger partial charge in [0, 0.05) is 0 Å². The zero-order valence-electron chi connectivity index (χ0n) is 12.5. The number of ether oxygens (including phenoxy) is 2. The number of para-hydroxylation sites is 1. The van der Waals surface area contributed by atoms with Crippen molar-refractivity contribution < 1.29 is 23.9 Å². The summed E-state index contributed by atoms with van der Waals surface area (Å²) in [5.41, 5.74) is 0.506. The van der Waals surface area contributed by atoms with Crippen molar-refractivity contribution in [3.8, 4) is 0 Å². The summed E-state index contributed by atoms with van der Waals surface area (Å²) in [7, 11) is 0. The highest BCUT2D eigenvalue weighted by Gasteiger charge is 2.61. The molecule has 1 aromatic carbocycles. The summed E-state index contributed by atoms with van der Waals surface area (Å²) in [6.45, 7) is 1.93. The zero-order valence-corrected chi connectivity index (χ0v) is 12.5. The molecule has 1 aromatic rings. The van der Waals surface area contributed by atoms with Crippen LogP contribution in [0.2, 0.25) is 0 Å². The maximum absolute atomic E-state index is 12.8. The van der Waals surface area contributed by atoms with E-state index >= 15 is 0 Å². The summed E-state index contributed by atoms with van der Waals surface area (Å²) in [5, 5.41) is 0. The molecule has 0 N–H and O–H groups in total. The van der Waals surface area contributed by atoms with E-state index in [2.05, 4.69) is 0 Å². The number of hydrogen-bond donors (Lipinski definition) is 0. The van der Waals surface area contributed by atoms with Crippen LogP contribution in [0.25, 0.3) is 0 Å². The minimum Gasteiger partial charge on any atom is -0.462 e. The van der Waals surface area contributed by atoms with Gasteiger partial charge in [-0.3, -0.25) is 9.59 Å². The first-order valence-electron chi connectivity index (χ1n) is 7.61. The van der Waals surface area contributed by atoms with Gasteiger partial charge in [-0.25, -0.2) is 9.69 Å². The van der Waals surface area contributed by atoms with Gasteiger partial charge in [-0.05, 0) is 19.1 Å². The lowest BCUT2D eigenvalue weighted by atomic mass is 9.85. The van der Waals surface area contributed by atoms with Gasteiger partial charge in [-0.1, -0.05) is 24.3 Å². The van der Waals surface area contributed by atoms with Gasteiger partial charge in [0.1, 0.15) is 0 Å². The molecule has 4 atom stereocenters. The standard InChI is InChI=1S/C17H15NO5/c1-2-22-17(21)9-5-3-4-6-10(9)18-15(19)13-11-7-8-12(23-11)14(13)16(18)20/h3-8,11-14H,2H2,1H3/t11-,12-,13-,14+/m0/s1. The highest BCUT2D eigenvalue weighted by molar-refractivity contribution is 6.24. The van der Waals surface area contributed by atoms with E-state index in [4.69, 9.17) is 9.47 Å². The van der Waals surface area contributed by atoms with Gasteiger partial charge in [0.2, 0.25) is 11.8 Å². The van der Waals surface area contributed by atoms with Crippen LogP contribution in [0.1, 0.15) is 17.3 Å². The molecule has 3 heterocycles. The summed E-state index contributed by atoms with van der Waals surface area (Å²) in [6.07, 6.45) is 2.97. The summed E-state index contributed by atoms with van der Waals surface area (Å²) >= 11 is 0. The number of rotatable bonds is 3. The third-order valence-electron chi connectivity index (χ3n) is 4.55. The van der Waals surface area contributed by atoms with Crippen molar-refractivity contribution in [2.75, 3.05) is 11.5 Å². The Labute approximate surface area is 132 Å². The quantitative estimate of drug-likeness (QED) is 0.478. The SMILES string of the molecule is CCOC(=O)c1ccccc1N1C(=O)[C@@H]2[C@H](C1=O)[C@@H]1C=C[C@@H]2O1. The molecule has 6 heteroatoms. The molecule has 2 bridgehead atoms. The predicted molar refractivity (Wildman–Crippen MR) is 79.7 cm³/mol. The molecular formula is C17H15NO5. The second-order valence-corrected chi connectivity index (χ2v) is 5.75. The first kappa shape index (κ1) is 14.1. The normalized spacial score (nSPS) is 30.9. The Bertz CT molecular complexity index is 710. The third-order valence-corrected chi connectivity index (χ3v) is 4.55. The second kappa shape index (κ2) is 5.03. The minimum absolute atomic E-state index is 0.220. The molecule has 2 saturated heterocycles. The first-order chi connectivity index (χ1) is 11.1. The van der Waals surface area contributed by atoms with E-state index < -0.39 is 17.8 Å². The van der Waals surface area contributed by atoms with Crippen LogP contribution in [0, 0.1) is 11.8 Å². The summed E-state index contributed by atoms with van der Waals surface area (Å²) in [5.74, 6) is -2.15. The van der Waals surface area contributed by atoms with Crippen LogP contribution in [-0.4, -0.2) is 36.6 Å². The van der Waals surface area contributed by atoms with Crippen molar-refractivity contribution in [1.29, 1.82) is 0 Å². The van der Waals surface area contributed by atoms with E-state index in [1.807, 2.05) is 12.2 Å². The first-order valence-corrected chi connectivity index (χ1v) is 7.61. The lowest BCUT2D eigenvalue weighted by Crippen LogP contribution is -2.35. The van der Waals surface area contributed by atoms with Crippen LogP contribution in [0.4, 0.5) is 5.69 Å². The largest absolute Gasteiger partial charge is 0.462 e. The Morgan fingerprint density at radius 3 is 2.35 bits per heavy atom. The number of anilines is 1. The molecule has 0 aliphatic carbocycles. The average Bonchev–Trinajstić information content (AvgIpc) is 3.22. The molecule has 3 aliphatic heterocycles. The fraction of sp³-hybridized carbons (Fsp3) is 0.353. The highest BCUT2D eigenvalue weighted by Crippen LogP contribution is 2.46. The molecule has 0 aromatic heterocycles. The Morgan fingerprint density at radius 1 is 1.13 bits per heavy atom. The molecule has 0 unspecified atom stereocenters. The fourth-order valence-electron chi connectivity index (χ4n) is 3.59. The van der Waals surface area contributed by atoms with Crippen molar-refractivity contribution in [1.82, 2.24) is 0 Å². The monoisotopic (exact) mass is 313 g/mol. The molecule has 6 nitrogen and oxygen atoms in total. The number of fused-ring (bicyclic) bond motifs is 5. The molecule has 2 amide bonds. The van der Waals surface area contributed by atoms with Crippen LogP contribution < -0.4 is 4.90 Å². The van der Waals surface area contributed by atoms with Gasteiger partial charge in [-0.2, -0.15) is 0 Å². The Hall–Kier alpha value is -2.47. The number of imide groups is 1. The second-order valence-electron chi connectivity index (χ2n) is 5.75. The average molecular weight is 313 g/mol. The van der Waals surface area contributed by atoms with Crippen LogP contribution in [0.15, 0.2) is 36.4 Å². The predicted octanol–water partition coefficient (Wildman–Crippen LogP) is 1.31. The fourth-order valence-corrected chi connectivity index (χ4v) is 3.59. The molecule has 0 saturated carbocycles. The van der Waals surface area contributed by atoms with Crippen LogP contribution in [0.5, 0.6) is 0 Å². The number of benzene rings is 1. The van der Waals surface area contributed by atoms with E-state index in [1.165, 1.54) is 0 Å². The summed E-state index contributed by atoms with van der Waals surface area (Å²) in [4.78, 5) is 38.8.